The van der Waals surface area contributed by atoms with Crippen LogP contribution in [-0.4, -0.2) is 18.9 Å². The first-order chi connectivity index (χ1) is 8.59. The van der Waals surface area contributed by atoms with Crippen LogP contribution < -0.4 is 4.90 Å². The van der Waals surface area contributed by atoms with Crippen molar-refractivity contribution in [1.82, 2.24) is 0 Å². The van der Waals surface area contributed by atoms with Gasteiger partial charge >= 0.3 is 0 Å². The summed E-state index contributed by atoms with van der Waals surface area (Å²) in [5, 5.41) is 0. The predicted octanol–water partition coefficient (Wildman–Crippen LogP) is 4.42. The Kier molecular flexibility index (Phi) is 4.44. The lowest BCUT2D eigenvalue weighted by Crippen LogP contribution is -2.33. The van der Waals surface area contributed by atoms with Crippen LogP contribution in [0.4, 0.5) is 5.69 Å². The molecule has 2 rings (SSSR count). The van der Waals surface area contributed by atoms with E-state index in [4.69, 9.17) is 0 Å². The quantitative estimate of drug-likeness (QED) is 0.770. The molecule has 0 bridgehead atoms. The number of hydrogen-bond acceptors (Lipinski definition) is 2. The van der Waals surface area contributed by atoms with Gasteiger partial charge in [-0.15, -0.1) is 0 Å². The van der Waals surface area contributed by atoms with E-state index in [0.717, 1.165) is 10.0 Å². The highest BCUT2D eigenvalue weighted by Gasteiger charge is 2.20. The normalized spacial score (nSPS) is 16.6. The van der Waals surface area contributed by atoms with E-state index in [1.807, 2.05) is 12.1 Å². The van der Waals surface area contributed by atoms with E-state index in [9.17, 15) is 4.79 Å². The maximum Gasteiger partial charge on any atom is 0.159 e. The van der Waals surface area contributed by atoms with E-state index in [0.29, 0.717) is 6.04 Å². The van der Waals surface area contributed by atoms with Crippen molar-refractivity contribution in [3.05, 3.63) is 28.2 Å². The summed E-state index contributed by atoms with van der Waals surface area (Å²) in [4.78, 5) is 13.7. The first kappa shape index (κ1) is 13.6. The molecule has 1 saturated carbocycles. The molecule has 2 nitrogen and oxygen atoms in total. The van der Waals surface area contributed by atoms with Crippen molar-refractivity contribution >= 4 is 27.4 Å². The van der Waals surface area contributed by atoms with Gasteiger partial charge in [-0.2, -0.15) is 0 Å². The molecular weight excluding hydrogens is 290 g/mol. The second kappa shape index (κ2) is 5.87. The smallest absolute Gasteiger partial charge is 0.159 e. The minimum absolute atomic E-state index is 0.113. The largest absolute Gasteiger partial charge is 0.371 e. The third kappa shape index (κ3) is 2.94. The molecule has 1 aromatic carbocycles. The summed E-state index contributed by atoms with van der Waals surface area (Å²) in [5.74, 6) is 0.113. The monoisotopic (exact) mass is 309 g/mol. The van der Waals surface area contributed by atoms with Gasteiger partial charge in [-0.3, -0.25) is 4.79 Å². The number of carbonyl (C=O) groups excluding carboxylic acids is 1. The SMILES string of the molecule is CC(=O)c1ccc(N(C)C2CCCCC2)c(Br)c1. The van der Waals surface area contributed by atoms with Gasteiger partial charge in [-0.25, -0.2) is 0 Å². The Morgan fingerprint density at radius 1 is 1.28 bits per heavy atom. The number of carbonyl (C=O) groups is 1. The molecule has 0 unspecified atom stereocenters. The third-order valence-electron chi connectivity index (χ3n) is 3.86. The fraction of sp³-hybridized carbons (Fsp3) is 0.533. The highest BCUT2D eigenvalue weighted by molar-refractivity contribution is 9.10. The van der Waals surface area contributed by atoms with E-state index >= 15 is 0 Å². The number of hydrogen-bond donors (Lipinski definition) is 0. The van der Waals surface area contributed by atoms with Crippen molar-refractivity contribution < 1.29 is 4.79 Å². The van der Waals surface area contributed by atoms with Crippen LogP contribution in [0.5, 0.6) is 0 Å². The van der Waals surface area contributed by atoms with Gasteiger partial charge in [0.15, 0.2) is 5.78 Å². The number of anilines is 1. The van der Waals surface area contributed by atoms with E-state index in [2.05, 4.69) is 33.9 Å². The Bertz CT molecular complexity index is 438. The maximum absolute atomic E-state index is 11.3. The molecule has 0 heterocycles. The van der Waals surface area contributed by atoms with Gasteiger partial charge in [0.25, 0.3) is 0 Å². The summed E-state index contributed by atoms with van der Waals surface area (Å²) in [6, 6.07) is 6.53. The minimum Gasteiger partial charge on any atom is -0.371 e. The number of ketones is 1. The Balaban J connectivity index is 2.19. The average molecular weight is 310 g/mol. The summed E-state index contributed by atoms with van der Waals surface area (Å²) in [6.45, 7) is 1.60. The molecule has 0 amide bonds. The molecule has 0 radical (unpaired) electrons. The molecule has 0 aliphatic heterocycles. The molecule has 0 spiro atoms. The van der Waals surface area contributed by atoms with Gasteiger partial charge in [0.05, 0.1) is 5.69 Å². The molecular formula is C15H20BrNO. The first-order valence-corrected chi connectivity index (χ1v) is 7.42. The van der Waals surface area contributed by atoms with Crippen molar-refractivity contribution in [3.63, 3.8) is 0 Å². The van der Waals surface area contributed by atoms with E-state index < -0.39 is 0 Å². The molecule has 18 heavy (non-hydrogen) atoms. The lowest BCUT2D eigenvalue weighted by atomic mass is 9.94. The van der Waals surface area contributed by atoms with Crippen LogP contribution in [-0.2, 0) is 0 Å². The summed E-state index contributed by atoms with van der Waals surface area (Å²) in [6.07, 6.45) is 6.58. The van der Waals surface area contributed by atoms with E-state index in [1.54, 1.807) is 6.92 Å². The molecule has 0 aromatic heterocycles. The second-order valence-electron chi connectivity index (χ2n) is 5.13. The Morgan fingerprint density at radius 3 is 2.50 bits per heavy atom. The van der Waals surface area contributed by atoms with Gasteiger partial charge < -0.3 is 4.90 Å². The minimum atomic E-state index is 0.113. The van der Waals surface area contributed by atoms with Gasteiger partial charge in [-0.1, -0.05) is 19.3 Å². The highest BCUT2D eigenvalue weighted by Crippen LogP contribution is 2.32. The second-order valence-corrected chi connectivity index (χ2v) is 5.98. The van der Waals surface area contributed by atoms with Crippen molar-refractivity contribution in [2.45, 2.75) is 45.1 Å². The molecule has 1 fully saturated rings. The van der Waals surface area contributed by atoms with Crippen molar-refractivity contribution in [3.8, 4) is 0 Å². The topological polar surface area (TPSA) is 20.3 Å². The summed E-state index contributed by atoms with van der Waals surface area (Å²) in [7, 11) is 2.16. The molecule has 0 atom stereocenters. The van der Waals surface area contributed by atoms with E-state index in [-0.39, 0.29) is 5.78 Å². The van der Waals surface area contributed by atoms with Gasteiger partial charge in [-0.05, 0) is 53.9 Å². The van der Waals surface area contributed by atoms with Crippen molar-refractivity contribution in [1.29, 1.82) is 0 Å². The molecule has 3 heteroatoms. The molecule has 98 valence electrons. The third-order valence-corrected chi connectivity index (χ3v) is 4.49. The number of nitrogens with zero attached hydrogens (tertiary/aromatic N) is 1. The predicted molar refractivity (Wildman–Crippen MR) is 79.4 cm³/mol. The molecule has 1 aromatic rings. The van der Waals surface area contributed by atoms with Crippen LogP contribution in [0, 0.1) is 0 Å². The zero-order chi connectivity index (χ0) is 13.1. The fourth-order valence-corrected chi connectivity index (χ4v) is 3.34. The van der Waals surface area contributed by atoms with Crippen LogP contribution in [0.2, 0.25) is 0 Å². The standard InChI is InChI=1S/C15H20BrNO/c1-11(18)12-8-9-15(14(16)10-12)17(2)13-6-4-3-5-7-13/h8-10,13H,3-7H2,1-2H3. The maximum atomic E-state index is 11.3. The van der Waals surface area contributed by atoms with Crippen LogP contribution in [0.25, 0.3) is 0 Å². The van der Waals surface area contributed by atoms with Crippen molar-refractivity contribution in [2.24, 2.45) is 0 Å². The number of benzene rings is 1. The Hall–Kier alpha value is -0.830. The van der Waals surface area contributed by atoms with Gasteiger partial charge in [0, 0.05) is 23.1 Å². The Morgan fingerprint density at radius 2 is 1.94 bits per heavy atom. The van der Waals surface area contributed by atoms with Crippen LogP contribution in [0.3, 0.4) is 0 Å². The fourth-order valence-electron chi connectivity index (χ4n) is 2.68. The van der Waals surface area contributed by atoms with Gasteiger partial charge in [0.1, 0.15) is 0 Å². The number of Topliss-reactive ketones (excluding diaryl/α,β-unsaturated/α-hetero) is 1. The highest BCUT2D eigenvalue weighted by atomic mass is 79.9. The average Bonchev–Trinajstić information content (AvgIpc) is 2.38. The zero-order valence-electron chi connectivity index (χ0n) is 11.1. The van der Waals surface area contributed by atoms with Crippen LogP contribution in [0.15, 0.2) is 22.7 Å². The Labute approximate surface area is 117 Å². The molecule has 0 N–H and O–H groups in total. The van der Waals surface area contributed by atoms with Crippen LogP contribution in [0.1, 0.15) is 49.4 Å². The summed E-state index contributed by atoms with van der Waals surface area (Å²) in [5.41, 5.74) is 1.95. The number of rotatable bonds is 3. The molecule has 1 aliphatic rings. The molecule has 1 aliphatic carbocycles. The summed E-state index contributed by atoms with van der Waals surface area (Å²) >= 11 is 3.59. The first-order valence-electron chi connectivity index (χ1n) is 6.63. The van der Waals surface area contributed by atoms with E-state index in [1.165, 1.54) is 37.8 Å². The van der Waals surface area contributed by atoms with Crippen LogP contribution >= 0.6 is 15.9 Å². The van der Waals surface area contributed by atoms with Gasteiger partial charge in [0.2, 0.25) is 0 Å². The zero-order valence-corrected chi connectivity index (χ0v) is 12.7. The van der Waals surface area contributed by atoms with Crippen molar-refractivity contribution in [2.75, 3.05) is 11.9 Å². The summed E-state index contributed by atoms with van der Waals surface area (Å²) < 4.78 is 1.02. The lowest BCUT2D eigenvalue weighted by molar-refractivity contribution is 0.101. The lowest BCUT2D eigenvalue weighted by Gasteiger charge is -2.33. The number of halogens is 1. The molecule has 0 saturated heterocycles.